The maximum atomic E-state index is 12.9. The molecule has 2 rings (SSSR count). The first-order valence-electron chi connectivity index (χ1n) is 10.3. The van der Waals surface area contributed by atoms with E-state index in [1.807, 2.05) is 23.6 Å². The van der Waals surface area contributed by atoms with Crippen molar-refractivity contribution >= 4 is 11.8 Å². The van der Waals surface area contributed by atoms with Gasteiger partial charge in [-0.1, -0.05) is 46.0 Å². The van der Waals surface area contributed by atoms with E-state index in [1.54, 1.807) is 0 Å². The molecule has 1 heterocycles. The van der Waals surface area contributed by atoms with Crippen LogP contribution in [0.15, 0.2) is 0 Å². The van der Waals surface area contributed by atoms with Gasteiger partial charge in [0.1, 0.15) is 0 Å². The van der Waals surface area contributed by atoms with E-state index in [9.17, 15) is 9.59 Å². The Balaban J connectivity index is 1.78. The van der Waals surface area contributed by atoms with Crippen molar-refractivity contribution in [1.82, 2.24) is 9.80 Å². The molecule has 144 valence electrons. The summed E-state index contributed by atoms with van der Waals surface area (Å²) in [7, 11) is 0. The van der Waals surface area contributed by atoms with Gasteiger partial charge in [0.2, 0.25) is 11.8 Å². The van der Waals surface area contributed by atoms with Gasteiger partial charge in [-0.05, 0) is 25.2 Å². The molecule has 0 spiro atoms. The summed E-state index contributed by atoms with van der Waals surface area (Å²) in [6.07, 6.45) is 9.89. The van der Waals surface area contributed by atoms with Crippen molar-refractivity contribution in [2.24, 2.45) is 17.1 Å². The number of nitrogens with two attached hydrogens (primary N) is 1. The van der Waals surface area contributed by atoms with Crippen LogP contribution in [0.1, 0.15) is 71.6 Å². The molecule has 25 heavy (non-hydrogen) atoms. The number of carbonyl (C=O) groups excluding carboxylic acids is 2. The van der Waals surface area contributed by atoms with Crippen LogP contribution >= 0.6 is 0 Å². The number of rotatable bonds is 7. The molecule has 0 atom stereocenters. The van der Waals surface area contributed by atoms with Crippen molar-refractivity contribution in [1.29, 1.82) is 0 Å². The van der Waals surface area contributed by atoms with Gasteiger partial charge in [-0.3, -0.25) is 9.59 Å². The highest BCUT2D eigenvalue weighted by Gasteiger charge is 2.38. The molecule has 0 radical (unpaired) electrons. The van der Waals surface area contributed by atoms with Crippen LogP contribution in [0.3, 0.4) is 0 Å². The zero-order chi connectivity index (χ0) is 18.3. The molecular formula is C20H37N3O2. The number of nitrogens with zero attached hydrogens (tertiary/aromatic N) is 2. The first-order valence-corrected chi connectivity index (χ1v) is 10.3. The van der Waals surface area contributed by atoms with Crippen LogP contribution in [0.25, 0.3) is 0 Å². The second-order valence-corrected chi connectivity index (χ2v) is 7.91. The molecule has 0 unspecified atom stereocenters. The van der Waals surface area contributed by atoms with Crippen LogP contribution in [-0.4, -0.2) is 54.3 Å². The van der Waals surface area contributed by atoms with E-state index in [0.717, 1.165) is 25.2 Å². The second kappa shape index (κ2) is 9.56. The Morgan fingerprint density at radius 1 is 0.960 bits per heavy atom. The number of amides is 2. The normalized spacial score (nSPS) is 20.0. The fraction of sp³-hybridized carbons (Fsp3) is 0.900. The summed E-state index contributed by atoms with van der Waals surface area (Å²) < 4.78 is 0. The van der Waals surface area contributed by atoms with Gasteiger partial charge in [0.05, 0.1) is 5.41 Å². The number of piperazine rings is 1. The van der Waals surface area contributed by atoms with Gasteiger partial charge < -0.3 is 15.5 Å². The molecule has 1 saturated carbocycles. The second-order valence-electron chi connectivity index (χ2n) is 7.91. The minimum atomic E-state index is -0.423. The highest BCUT2D eigenvalue weighted by atomic mass is 16.2. The highest BCUT2D eigenvalue weighted by molar-refractivity contribution is 5.83. The molecule has 2 fully saturated rings. The predicted molar refractivity (Wildman–Crippen MR) is 101 cm³/mol. The molecule has 1 aliphatic heterocycles. The fourth-order valence-electron chi connectivity index (χ4n) is 4.38. The van der Waals surface area contributed by atoms with Gasteiger partial charge in [0, 0.05) is 39.1 Å². The molecule has 5 heteroatoms. The predicted octanol–water partition coefficient (Wildman–Crippen LogP) is 2.78. The Morgan fingerprint density at radius 3 is 2.04 bits per heavy atom. The van der Waals surface area contributed by atoms with Gasteiger partial charge in [0.15, 0.2) is 0 Å². The zero-order valence-electron chi connectivity index (χ0n) is 16.3. The third-order valence-corrected chi connectivity index (χ3v) is 6.61. The molecule has 0 aromatic rings. The van der Waals surface area contributed by atoms with E-state index in [4.69, 9.17) is 5.73 Å². The Kier molecular flexibility index (Phi) is 7.73. The maximum absolute atomic E-state index is 12.9. The van der Waals surface area contributed by atoms with Crippen LogP contribution in [0.4, 0.5) is 0 Å². The van der Waals surface area contributed by atoms with E-state index in [0.29, 0.717) is 39.1 Å². The third kappa shape index (κ3) is 4.96. The largest absolute Gasteiger partial charge is 0.339 e. The summed E-state index contributed by atoms with van der Waals surface area (Å²) in [5.41, 5.74) is 5.49. The SMILES string of the molecule is CCC(CC)(CN)C(=O)N1CCN(C(=O)CCC2CCCCC2)CC1. The summed E-state index contributed by atoms with van der Waals surface area (Å²) in [5.74, 6) is 1.20. The average Bonchev–Trinajstić information content (AvgIpc) is 2.68. The van der Waals surface area contributed by atoms with Gasteiger partial charge in [0.25, 0.3) is 0 Å². The summed E-state index contributed by atoms with van der Waals surface area (Å²) in [6, 6.07) is 0. The standard InChI is InChI=1S/C20H37N3O2/c1-3-20(4-2,16-21)19(25)23-14-12-22(13-15-23)18(24)11-10-17-8-6-5-7-9-17/h17H,3-16,21H2,1-2H3. The zero-order valence-corrected chi connectivity index (χ0v) is 16.3. The van der Waals surface area contributed by atoms with Crippen LogP contribution in [0.5, 0.6) is 0 Å². The molecule has 1 aliphatic carbocycles. The fourth-order valence-corrected chi connectivity index (χ4v) is 4.38. The van der Waals surface area contributed by atoms with Gasteiger partial charge in [-0.15, -0.1) is 0 Å². The van der Waals surface area contributed by atoms with E-state index in [-0.39, 0.29) is 11.8 Å². The molecule has 0 aromatic carbocycles. The smallest absolute Gasteiger partial charge is 0.230 e. The first-order chi connectivity index (χ1) is 12.1. The van der Waals surface area contributed by atoms with E-state index < -0.39 is 5.41 Å². The van der Waals surface area contributed by atoms with E-state index in [2.05, 4.69) is 0 Å². The van der Waals surface area contributed by atoms with E-state index >= 15 is 0 Å². The molecule has 2 N–H and O–H groups in total. The minimum absolute atomic E-state index is 0.175. The molecule has 1 saturated heterocycles. The Hall–Kier alpha value is -1.10. The Bertz CT molecular complexity index is 426. The topological polar surface area (TPSA) is 66.6 Å². The van der Waals surface area contributed by atoms with Crippen LogP contribution in [-0.2, 0) is 9.59 Å². The number of hydrogen-bond acceptors (Lipinski definition) is 3. The van der Waals surface area contributed by atoms with Crippen molar-refractivity contribution in [3.63, 3.8) is 0 Å². The van der Waals surface area contributed by atoms with Gasteiger partial charge in [-0.2, -0.15) is 0 Å². The average molecular weight is 352 g/mol. The molecular weight excluding hydrogens is 314 g/mol. The minimum Gasteiger partial charge on any atom is -0.339 e. The monoisotopic (exact) mass is 351 g/mol. The quantitative estimate of drug-likeness (QED) is 0.767. The number of carbonyl (C=O) groups is 2. The lowest BCUT2D eigenvalue weighted by Crippen LogP contribution is -2.55. The molecule has 2 amide bonds. The molecule has 2 aliphatic rings. The van der Waals surface area contributed by atoms with Crippen LogP contribution in [0, 0.1) is 11.3 Å². The maximum Gasteiger partial charge on any atom is 0.230 e. The Morgan fingerprint density at radius 2 is 1.52 bits per heavy atom. The first kappa shape index (κ1) is 20.2. The van der Waals surface area contributed by atoms with Gasteiger partial charge in [-0.25, -0.2) is 0 Å². The summed E-state index contributed by atoms with van der Waals surface area (Å²) in [5, 5.41) is 0. The van der Waals surface area contributed by atoms with Crippen molar-refractivity contribution < 1.29 is 9.59 Å². The molecule has 0 aromatic heterocycles. The lowest BCUT2D eigenvalue weighted by Gasteiger charge is -2.40. The summed E-state index contributed by atoms with van der Waals surface area (Å²) >= 11 is 0. The lowest BCUT2D eigenvalue weighted by molar-refractivity contribution is -0.147. The van der Waals surface area contributed by atoms with E-state index in [1.165, 1.54) is 32.1 Å². The summed E-state index contributed by atoms with van der Waals surface area (Å²) in [6.45, 7) is 7.12. The summed E-state index contributed by atoms with van der Waals surface area (Å²) in [4.78, 5) is 29.2. The number of hydrogen-bond donors (Lipinski definition) is 1. The Labute approximate surface area is 153 Å². The van der Waals surface area contributed by atoms with Crippen molar-refractivity contribution in [2.75, 3.05) is 32.7 Å². The van der Waals surface area contributed by atoms with Gasteiger partial charge >= 0.3 is 0 Å². The third-order valence-electron chi connectivity index (χ3n) is 6.61. The lowest BCUT2D eigenvalue weighted by atomic mass is 9.81. The van der Waals surface area contributed by atoms with Crippen molar-refractivity contribution in [3.8, 4) is 0 Å². The van der Waals surface area contributed by atoms with Crippen molar-refractivity contribution in [2.45, 2.75) is 71.6 Å². The van der Waals surface area contributed by atoms with Crippen LogP contribution < -0.4 is 5.73 Å². The molecule has 5 nitrogen and oxygen atoms in total. The van der Waals surface area contributed by atoms with Crippen LogP contribution in [0.2, 0.25) is 0 Å². The highest BCUT2D eigenvalue weighted by Crippen LogP contribution is 2.29. The molecule has 0 bridgehead atoms. The van der Waals surface area contributed by atoms with Crippen molar-refractivity contribution in [3.05, 3.63) is 0 Å².